The highest BCUT2D eigenvalue weighted by molar-refractivity contribution is 6.43. The zero-order valence-corrected chi connectivity index (χ0v) is 9.25. The molecule has 0 spiro atoms. The molecule has 0 aliphatic heterocycles. The third-order valence-electron chi connectivity index (χ3n) is 2.05. The van der Waals surface area contributed by atoms with E-state index in [2.05, 4.69) is 9.99 Å². The fourth-order valence-corrected chi connectivity index (χ4v) is 1.21. The summed E-state index contributed by atoms with van der Waals surface area (Å²) in [6.45, 7) is -0.455. The summed E-state index contributed by atoms with van der Waals surface area (Å²) < 4.78 is 0. The number of anilines is 1. The Morgan fingerprint density at radius 2 is 2.06 bits per heavy atom. The number of benzene rings is 1. The molecule has 0 saturated heterocycles. The molecular formula is C11H14N2O3. The number of aliphatic hydroxyl groups excluding tert-OH is 1. The maximum absolute atomic E-state index is 11.8. The molecule has 1 N–H and O–H groups in total. The molecule has 0 aromatic heterocycles. The Morgan fingerprint density at radius 3 is 2.56 bits per heavy atom. The third-order valence-corrected chi connectivity index (χ3v) is 2.05. The third kappa shape index (κ3) is 2.80. The number of amides is 1. The van der Waals surface area contributed by atoms with E-state index in [1.54, 1.807) is 19.2 Å². The Kier molecular flexibility index (Phi) is 4.47. The predicted molar refractivity (Wildman–Crippen MR) is 61.4 cm³/mol. The smallest absolute Gasteiger partial charge is 0.278 e. The summed E-state index contributed by atoms with van der Waals surface area (Å²) in [4.78, 5) is 17.7. The molecule has 0 aliphatic carbocycles. The topological polar surface area (TPSA) is 62.1 Å². The summed E-state index contributed by atoms with van der Waals surface area (Å²) in [5.41, 5.74) is 0.693. The van der Waals surface area contributed by atoms with Crippen LogP contribution in [0.2, 0.25) is 0 Å². The summed E-state index contributed by atoms with van der Waals surface area (Å²) in [5, 5.41) is 12.4. The van der Waals surface area contributed by atoms with Gasteiger partial charge in [0, 0.05) is 12.7 Å². The summed E-state index contributed by atoms with van der Waals surface area (Å²) >= 11 is 0. The van der Waals surface area contributed by atoms with Crippen molar-refractivity contribution in [2.24, 2.45) is 5.16 Å². The van der Waals surface area contributed by atoms with Crippen LogP contribution in [0, 0.1) is 0 Å². The van der Waals surface area contributed by atoms with Gasteiger partial charge < -0.3 is 14.8 Å². The number of rotatable bonds is 4. The molecule has 0 radical (unpaired) electrons. The maximum Gasteiger partial charge on any atom is 0.278 e. The van der Waals surface area contributed by atoms with Crippen molar-refractivity contribution in [2.45, 2.75) is 0 Å². The molecule has 16 heavy (non-hydrogen) atoms. The van der Waals surface area contributed by atoms with E-state index < -0.39 is 12.5 Å². The van der Waals surface area contributed by atoms with Crippen LogP contribution >= 0.6 is 0 Å². The Balaban J connectivity index is 2.86. The fraction of sp³-hybridized carbons (Fsp3) is 0.273. The Bertz CT molecular complexity index is 376. The van der Waals surface area contributed by atoms with Gasteiger partial charge in [-0.2, -0.15) is 0 Å². The molecule has 0 heterocycles. The average molecular weight is 222 g/mol. The highest BCUT2D eigenvalue weighted by Crippen LogP contribution is 2.11. The number of hydrogen-bond donors (Lipinski definition) is 1. The minimum Gasteiger partial charge on any atom is -0.399 e. The van der Waals surface area contributed by atoms with E-state index in [4.69, 9.17) is 5.11 Å². The first-order valence-corrected chi connectivity index (χ1v) is 4.74. The molecule has 1 aromatic rings. The number of carbonyl (C=O) groups is 1. The van der Waals surface area contributed by atoms with Gasteiger partial charge in [0.25, 0.3) is 5.91 Å². The van der Waals surface area contributed by atoms with E-state index in [0.29, 0.717) is 0 Å². The summed E-state index contributed by atoms with van der Waals surface area (Å²) in [7, 11) is 2.93. The number of carbonyl (C=O) groups excluding carboxylic acids is 1. The fourth-order valence-electron chi connectivity index (χ4n) is 1.21. The summed E-state index contributed by atoms with van der Waals surface area (Å²) in [6.07, 6.45) is 0. The Hall–Kier alpha value is -1.88. The Labute approximate surface area is 93.9 Å². The molecule has 1 amide bonds. The van der Waals surface area contributed by atoms with E-state index >= 15 is 0 Å². The van der Waals surface area contributed by atoms with Crippen molar-refractivity contribution >= 4 is 17.3 Å². The normalized spacial score (nSPS) is 11.1. The number of oxime groups is 1. The van der Waals surface area contributed by atoms with Crippen LogP contribution in [0.1, 0.15) is 0 Å². The second-order valence-electron chi connectivity index (χ2n) is 3.08. The molecule has 0 fully saturated rings. The largest absolute Gasteiger partial charge is 0.399 e. The molecule has 5 heteroatoms. The van der Waals surface area contributed by atoms with E-state index in [9.17, 15) is 4.79 Å². The first kappa shape index (κ1) is 12.2. The van der Waals surface area contributed by atoms with E-state index in [1.165, 1.54) is 12.0 Å². The van der Waals surface area contributed by atoms with Crippen molar-refractivity contribution in [1.29, 1.82) is 0 Å². The van der Waals surface area contributed by atoms with Crippen LogP contribution in [0.25, 0.3) is 0 Å². The SMILES string of the molecule is CON=C(CO)C(=O)N(C)c1ccccc1. The van der Waals surface area contributed by atoms with Gasteiger partial charge in [-0.3, -0.25) is 4.79 Å². The maximum atomic E-state index is 11.8. The van der Waals surface area contributed by atoms with Gasteiger partial charge in [-0.1, -0.05) is 23.4 Å². The molecule has 1 rings (SSSR count). The standard InChI is InChI=1S/C11H14N2O3/c1-13(9-6-4-3-5-7-9)11(15)10(8-14)12-16-2/h3-7,14H,8H2,1-2H3. The van der Waals surface area contributed by atoms with Crippen molar-refractivity contribution in [3.8, 4) is 0 Å². The zero-order chi connectivity index (χ0) is 12.0. The lowest BCUT2D eigenvalue weighted by molar-refractivity contribution is -0.112. The molecular weight excluding hydrogens is 208 g/mol. The second kappa shape index (κ2) is 5.87. The molecule has 0 saturated carbocycles. The first-order chi connectivity index (χ1) is 7.70. The molecule has 86 valence electrons. The van der Waals surface area contributed by atoms with Gasteiger partial charge in [-0.15, -0.1) is 0 Å². The predicted octanol–water partition coefficient (Wildman–Crippen LogP) is 0.644. The van der Waals surface area contributed by atoms with Crippen molar-refractivity contribution in [2.75, 3.05) is 25.7 Å². The van der Waals surface area contributed by atoms with E-state index in [0.717, 1.165) is 5.69 Å². The van der Waals surface area contributed by atoms with Gasteiger partial charge in [0.15, 0.2) is 5.71 Å². The highest BCUT2D eigenvalue weighted by atomic mass is 16.6. The van der Waals surface area contributed by atoms with Crippen LogP contribution in [0.3, 0.4) is 0 Å². The monoisotopic (exact) mass is 222 g/mol. The number of hydrogen-bond acceptors (Lipinski definition) is 4. The van der Waals surface area contributed by atoms with Crippen molar-refractivity contribution in [1.82, 2.24) is 0 Å². The quantitative estimate of drug-likeness (QED) is 0.600. The minimum absolute atomic E-state index is 0.0335. The number of aliphatic hydroxyl groups is 1. The van der Waals surface area contributed by atoms with Crippen LogP contribution in [-0.2, 0) is 9.63 Å². The summed E-state index contributed by atoms with van der Waals surface area (Å²) in [6, 6.07) is 9.09. The van der Waals surface area contributed by atoms with Gasteiger partial charge in [-0.25, -0.2) is 0 Å². The lowest BCUT2D eigenvalue weighted by Crippen LogP contribution is -2.35. The number of nitrogens with zero attached hydrogens (tertiary/aromatic N) is 2. The Morgan fingerprint density at radius 1 is 1.44 bits per heavy atom. The average Bonchev–Trinajstić information content (AvgIpc) is 2.35. The van der Waals surface area contributed by atoms with Crippen LogP contribution in [0.5, 0.6) is 0 Å². The molecule has 1 aromatic carbocycles. The molecule has 0 aliphatic rings. The van der Waals surface area contributed by atoms with Crippen LogP contribution in [0.4, 0.5) is 5.69 Å². The van der Waals surface area contributed by atoms with Crippen LogP contribution in [0.15, 0.2) is 35.5 Å². The van der Waals surface area contributed by atoms with Gasteiger partial charge in [-0.05, 0) is 12.1 Å². The first-order valence-electron chi connectivity index (χ1n) is 4.74. The molecule has 0 unspecified atom stereocenters. The van der Waals surface area contributed by atoms with Crippen molar-refractivity contribution in [3.05, 3.63) is 30.3 Å². The highest BCUT2D eigenvalue weighted by Gasteiger charge is 2.17. The molecule has 0 atom stereocenters. The zero-order valence-electron chi connectivity index (χ0n) is 9.25. The van der Waals surface area contributed by atoms with Gasteiger partial charge in [0.2, 0.25) is 0 Å². The van der Waals surface area contributed by atoms with Crippen molar-refractivity contribution < 1.29 is 14.7 Å². The molecule has 5 nitrogen and oxygen atoms in total. The van der Waals surface area contributed by atoms with E-state index in [-0.39, 0.29) is 5.71 Å². The van der Waals surface area contributed by atoms with E-state index in [1.807, 2.05) is 18.2 Å². The van der Waals surface area contributed by atoms with Crippen LogP contribution in [-0.4, -0.2) is 37.5 Å². The van der Waals surface area contributed by atoms with Gasteiger partial charge in [0.05, 0.1) is 6.61 Å². The molecule has 0 bridgehead atoms. The van der Waals surface area contributed by atoms with Crippen molar-refractivity contribution in [3.63, 3.8) is 0 Å². The van der Waals surface area contributed by atoms with Crippen LogP contribution < -0.4 is 4.90 Å². The lowest BCUT2D eigenvalue weighted by Gasteiger charge is -2.16. The van der Waals surface area contributed by atoms with Gasteiger partial charge in [0.1, 0.15) is 7.11 Å². The number of para-hydroxylation sites is 1. The van der Waals surface area contributed by atoms with Gasteiger partial charge >= 0.3 is 0 Å². The minimum atomic E-state index is -0.455. The second-order valence-corrected chi connectivity index (χ2v) is 3.08. The summed E-state index contributed by atoms with van der Waals surface area (Å²) in [5.74, 6) is -0.393. The lowest BCUT2D eigenvalue weighted by atomic mass is 10.2.